The lowest BCUT2D eigenvalue weighted by atomic mass is 9.94. The summed E-state index contributed by atoms with van der Waals surface area (Å²) >= 11 is 0. The highest BCUT2D eigenvalue weighted by Gasteiger charge is 2.29. The molecule has 0 fully saturated rings. The first-order valence-electron chi connectivity index (χ1n) is 7.39. The number of ether oxygens (including phenoxy) is 1. The Labute approximate surface area is 125 Å². The van der Waals surface area contributed by atoms with Gasteiger partial charge in [0, 0.05) is 24.8 Å². The zero-order valence-corrected chi connectivity index (χ0v) is 12.7. The highest BCUT2D eigenvalue weighted by molar-refractivity contribution is 6.03. The number of aryl methyl sites for hydroxylation is 1. The minimum atomic E-state index is 0.933. The van der Waals surface area contributed by atoms with E-state index in [9.17, 15) is 0 Å². The Balaban J connectivity index is 1.92. The molecule has 0 amide bonds. The summed E-state index contributed by atoms with van der Waals surface area (Å²) in [6.45, 7) is 3.16. The molecule has 0 saturated heterocycles. The molecule has 1 aliphatic carbocycles. The Kier molecular flexibility index (Phi) is 2.61. The summed E-state index contributed by atoms with van der Waals surface area (Å²) in [4.78, 5) is 2.34. The summed E-state index contributed by atoms with van der Waals surface area (Å²) < 4.78 is 5.42. The number of benzene rings is 2. The molecule has 0 aromatic heterocycles. The van der Waals surface area contributed by atoms with E-state index >= 15 is 0 Å². The second kappa shape index (κ2) is 4.39. The van der Waals surface area contributed by atoms with Crippen molar-refractivity contribution in [3.05, 3.63) is 58.7 Å². The Morgan fingerprint density at radius 2 is 1.86 bits per heavy atom. The third-order valence-electron chi connectivity index (χ3n) is 4.66. The Hall–Kier alpha value is -2.22. The number of allylic oxidation sites excluding steroid dienone is 1. The van der Waals surface area contributed by atoms with Crippen molar-refractivity contribution in [2.75, 3.05) is 25.6 Å². The average molecular weight is 277 g/mol. The molecule has 0 N–H and O–H groups in total. The quantitative estimate of drug-likeness (QED) is 0.783. The monoisotopic (exact) mass is 277 g/mol. The molecule has 0 radical (unpaired) electrons. The fourth-order valence-corrected chi connectivity index (χ4v) is 3.56. The maximum absolute atomic E-state index is 5.42. The molecule has 21 heavy (non-hydrogen) atoms. The van der Waals surface area contributed by atoms with E-state index in [0.29, 0.717) is 0 Å². The molecule has 0 bridgehead atoms. The molecular formula is C19H19NO. The predicted octanol–water partition coefficient (Wildman–Crippen LogP) is 3.92. The number of hydrogen-bond acceptors (Lipinski definition) is 2. The van der Waals surface area contributed by atoms with E-state index in [1.807, 2.05) is 6.07 Å². The van der Waals surface area contributed by atoms with Crippen molar-refractivity contribution in [3.63, 3.8) is 0 Å². The number of nitrogens with zero attached hydrogens (tertiary/aromatic N) is 1. The van der Waals surface area contributed by atoms with Crippen molar-refractivity contribution in [1.82, 2.24) is 0 Å². The van der Waals surface area contributed by atoms with Gasteiger partial charge in [-0.2, -0.15) is 0 Å². The Morgan fingerprint density at radius 1 is 1.00 bits per heavy atom. The molecule has 2 aromatic carbocycles. The first-order valence-corrected chi connectivity index (χ1v) is 7.39. The maximum Gasteiger partial charge on any atom is 0.119 e. The molecule has 0 unspecified atom stereocenters. The molecule has 2 aliphatic rings. The fourth-order valence-electron chi connectivity index (χ4n) is 3.56. The minimum absolute atomic E-state index is 0.933. The average Bonchev–Trinajstić information content (AvgIpc) is 2.85. The fraction of sp³-hybridized carbons (Fsp3) is 0.263. The third kappa shape index (κ3) is 1.79. The molecule has 2 nitrogen and oxygen atoms in total. The van der Waals surface area contributed by atoms with E-state index in [2.05, 4.69) is 49.2 Å². The number of rotatable bonds is 1. The van der Waals surface area contributed by atoms with Crippen molar-refractivity contribution >= 4 is 16.8 Å². The number of hydrogen-bond donors (Lipinski definition) is 0. The smallest absolute Gasteiger partial charge is 0.119 e. The van der Waals surface area contributed by atoms with E-state index in [0.717, 1.165) is 18.7 Å². The van der Waals surface area contributed by atoms with E-state index < -0.39 is 0 Å². The lowest BCUT2D eigenvalue weighted by Gasteiger charge is -2.29. The lowest BCUT2D eigenvalue weighted by Crippen LogP contribution is -2.24. The summed E-state index contributed by atoms with van der Waals surface area (Å²) in [5.74, 6) is 0.933. The molecular weight excluding hydrogens is 258 g/mol. The van der Waals surface area contributed by atoms with Crippen LogP contribution < -0.4 is 9.64 Å². The molecule has 2 aromatic rings. The van der Waals surface area contributed by atoms with E-state index in [4.69, 9.17) is 4.74 Å². The van der Waals surface area contributed by atoms with Crippen LogP contribution in [0.25, 0.3) is 11.1 Å². The molecule has 1 aliphatic heterocycles. The van der Waals surface area contributed by atoms with Crippen LogP contribution in [0.1, 0.15) is 22.3 Å². The molecule has 106 valence electrons. The van der Waals surface area contributed by atoms with Crippen molar-refractivity contribution in [1.29, 1.82) is 0 Å². The summed E-state index contributed by atoms with van der Waals surface area (Å²) in [7, 11) is 3.90. The van der Waals surface area contributed by atoms with Gasteiger partial charge in [0.05, 0.1) is 7.11 Å². The van der Waals surface area contributed by atoms with Crippen molar-refractivity contribution in [2.24, 2.45) is 0 Å². The van der Waals surface area contributed by atoms with E-state index in [1.165, 1.54) is 39.1 Å². The topological polar surface area (TPSA) is 12.5 Å². The van der Waals surface area contributed by atoms with Gasteiger partial charge in [-0.3, -0.25) is 0 Å². The molecule has 0 spiro atoms. The van der Waals surface area contributed by atoms with Crippen molar-refractivity contribution < 1.29 is 4.74 Å². The van der Waals surface area contributed by atoms with E-state index in [-0.39, 0.29) is 0 Å². The first kappa shape index (κ1) is 12.5. The standard InChI is InChI=1S/C19H19NO/c1-12-4-5-13-9-16-17-10-14(21-3)6-7-19(17)20(2)11-18(16)15(13)8-12/h4-8,10H,9,11H2,1-3H3. The van der Waals surface area contributed by atoms with Gasteiger partial charge in [0.1, 0.15) is 5.75 Å². The number of methoxy groups -OCH3 is 1. The minimum Gasteiger partial charge on any atom is -0.497 e. The van der Waals surface area contributed by atoms with Gasteiger partial charge < -0.3 is 9.64 Å². The van der Waals surface area contributed by atoms with Gasteiger partial charge in [0.25, 0.3) is 0 Å². The number of fused-ring (bicyclic) bond motifs is 4. The lowest BCUT2D eigenvalue weighted by molar-refractivity contribution is 0.414. The SMILES string of the molecule is COc1ccc2c(c1)C1=C(CN2C)c2cc(C)ccc2C1. The van der Waals surface area contributed by atoms with Crippen LogP contribution in [0.4, 0.5) is 5.69 Å². The highest BCUT2D eigenvalue weighted by Crippen LogP contribution is 2.46. The van der Waals surface area contributed by atoms with Crippen LogP contribution in [0.2, 0.25) is 0 Å². The number of likely N-dealkylation sites (N-methyl/N-ethyl adjacent to an activating group) is 1. The molecule has 0 saturated carbocycles. The van der Waals surface area contributed by atoms with Gasteiger partial charge in [-0.1, -0.05) is 23.8 Å². The zero-order chi connectivity index (χ0) is 14.6. The van der Waals surface area contributed by atoms with Gasteiger partial charge >= 0.3 is 0 Å². The van der Waals surface area contributed by atoms with Gasteiger partial charge in [-0.25, -0.2) is 0 Å². The third-order valence-corrected chi connectivity index (χ3v) is 4.66. The van der Waals surface area contributed by atoms with E-state index in [1.54, 1.807) is 7.11 Å². The molecule has 2 heteroatoms. The Bertz CT molecular complexity index is 773. The zero-order valence-electron chi connectivity index (χ0n) is 12.7. The van der Waals surface area contributed by atoms with Crippen molar-refractivity contribution in [2.45, 2.75) is 13.3 Å². The van der Waals surface area contributed by atoms with Crippen LogP contribution in [0.3, 0.4) is 0 Å². The van der Waals surface area contributed by atoms with Gasteiger partial charge in [0.15, 0.2) is 0 Å². The summed E-state index contributed by atoms with van der Waals surface area (Å²) in [5.41, 5.74) is 9.81. The Morgan fingerprint density at radius 3 is 2.67 bits per heavy atom. The van der Waals surface area contributed by atoms with Crippen LogP contribution in [0, 0.1) is 6.92 Å². The largest absolute Gasteiger partial charge is 0.497 e. The molecule has 4 rings (SSSR count). The summed E-state index contributed by atoms with van der Waals surface area (Å²) in [5, 5.41) is 0. The second-order valence-corrected chi connectivity index (χ2v) is 6.03. The van der Waals surface area contributed by atoms with Gasteiger partial charge in [-0.15, -0.1) is 0 Å². The van der Waals surface area contributed by atoms with Crippen molar-refractivity contribution in [3.8, 4) is 5.75 Å². The van der Waals surface area contributed by atoms with Crippen LogP contribution in [0.5, 0.6) is 5.75 Å². The first-order chi connectivity index (χ1) is 10.2. The van der Waals surface area contributed by atoms with Gasteiger partial charge in [-0.05, 0) is 53.8 Å². The summed E-state index contributed by atoms with van der Waals surface area (Å²) in [6, 6.07) is 13.2. The van der Waals surface area contributed by atoms with Crippen LogP contribution >= 0.6 is 0 Å². The predicted molar refractivity (Wildman–Crippen MR) is 88.0 cm³/mol. The highest BCUT2D eigenvalue weighted by atomic mass is 16.5. The van der Waals surface area contributed by atoms with Crippen LogP contribution in [-0.2, 0) is 6.42 Å². The summed E-state index contributed by atoms with van der Waals surface area (Å²) in [6.07, 6.45) is 1.04. The molecule has 0 atom stereocenters. The normalized spacial score (nSPS) is 15.7. The van der Waals surface area contributed by atoms with Crippen LogP contribution in [-0.4, -0.2) is 20.7 Å². The number of anilines is 1. The maximum atomic E-state index is 5.42. The van der Waals surface area contributed by atoms with Gasteiger partial charge in [0.2, 0.25) is 0 Å². The second-order valence-electron chi connectivity index (χ2n) is 6.03. The molecule has 1 heterocycles. The van der Waals surface area contributed by atoms with Crippen LogP contribution in [0.15, 0.2) is 36.4 Å².